The first-order chi connectivity index (χ1) is 7.58. The summed E-state index contributed by atoms with van der Waals surface area (Å²) in [5.41, 5.74) is 0.875. The first-order valence-corrected chi connectivity index (χ1v) is 6.64. The molecule has 0 atom stereocenters. The Kier molecular flexibility index (Phi) is 3.51. The highest BCUT2D eigenvalue weighted by atomic mass is 127. The van der Waals surface area contributed by atoms with Gasteiger partial charge in [-0.15, -0.1) is 11.3 Å². The van der Waals surface area contributed by atoms with E-state index in [1.807, 2.05) is 18.2 Å². The van der Waals surface area contributed by atoms with Crippen LogP contribution in [0.4, 0.5) is 0 Å². The summed E-state index contributed by atoms with van der Waals surface area (Å²) in [4.78, 5) is 12.0. The standard InChI is InChI=1S/C11H6ClIO2S/c12-8-5-6(13)1-2-7(8)9-3-4-10(16-9)11(14)15/h1-5H,(H,14,15). The van der Waals surface area contributed by atoms with E-state index in [0.717, 1.165) is 14.0 Å². The highest BCUT2D eigenvalue weighted by molar-refractivity contribution is 14.1. The van der Waals surface area contributed by atoms with Crippen molar-refractivity contribution in [3.63, 3.8) is 0 Å². The van der Waals surface area contributed by atoms with Crippen molar-refractivity contribution in [2.75, 3.05) is 0 Å². The average Bonchev–Trinajstić information content (AvgIpc) is 2.66. The van der Waals surface area contributed by atoms with Gasteiger partial charge in [0.1, 0.15) is 4.88 Å². The summed E-state index contributed by atoms with van der Waals surface area (Å²) in [5.74, 6) is -0.905. The zero-order valence-corrected chi connectivity index (χ0v) is 11.6. The molecule has 0 spiro atoms. The minimum Gasteiger partial charge on any atom is -0.477 e. The van der Waals surface area contributed by atoms with Gasteiger partial charge in [-0.25, -0.2) is 4.79 Å². The topological polar surface area (TPSA) is 37.3 Å². The molecule has 0 unspecified atom stereocenters. The van der Waals surface area contributed by atoms with Crippen LogP contribution in [0.2, 0.25) is 5.02 Å². The normalized spacial score (nSPS) is 10.4. The van der Waals surface area contributed by atoms with Crippen LogP contribution in [-0.4, -0.2) is 11.1 Å². The zero-order chi connectivity index (χ0) is 11.7. The molecule has 5 heteroatoms. The molecular weight excluding hydrogens is 359 g/mol. The fourth-order valence-electron chi connectivity index (χ4n) is 1.29. The second-order valence-corrected chi connectivity index (χ2v) is 5.83. The SMILES string of the molecule is O=C(O)c1ccc(-c2ccc(I)cc2Cl)s1. The Morgan fingerprint density at radius 2 is 2.06 bits per heavy atom. The fraction of sp³-hybridized carbons (Fsp3) is 0. The lowest BCUT2D eigenvalue weighted by Gasteiger charge is -2.01. The first kappa shape index (κ1) is 11.9. The van der Waals surface area contributed by atoms with Gasteiger partial charge in [-0.3, -0.25) is 0 Å². The van der Waals surface area contributed by atoms with Crippen molar-refractivity contribution >= 4 is 51.5 Å². The van der Waals surface area contributed by atoms with Crippen LogP contribution < -0.4 is 0 Å². The van der Waals surface area contributed by atoms with E-state index in [1.54, 1.807) is 12.1 Å². The smallest absolute Gasteiger partial charge is 0.345 e. The van der Waals surface area contributed by atoms with E-state index in [2.05, 4.69) is 22.6 Å². The number of hydrogen-bond acceptors (Lipinski definition) is 2. The molecule has 0 bridgehead atoms. The van der Waals surface area contributed by atoms with Gasteiger partial charge in [-0.2, -0.15) is 0 Å². The van der Waals surface area contributed by atoms with Crippen LogP contribution in [0.3, 0.4) is 0 Å². The van der Waals surface area contributed by atoms with E-state index >= 15 is 0 Å². The molecule has 0 fully saturated rings. The zero-order valence-electron chi connectivity index (χ0n) is 7.91. The Morgan fingerprint density at radius 3 is 2.62 bits per heavy atom. The highest BCUT2D eigenvalue weighted by Crippen LogP contribution is 2.34. The maximum atomic E-state index is 10.8. The number of benzene rings is 1. The summed E-state index contributed by atoms with van der Waals surface area (Å²) < 4.78 is 1.06. The quantitative estimate of drug-likeness (QED) is 0.803. The van der Waals surface area contributed by atoms with Gasteiger partial charge >= 0.3 is 5.97 Å². The van der Waals surface area contributed by atoms with E-state index in [4.69, 9.17) is 16.7 Å². The van der Waals surface area contributed by atoms with Crippen molar-refractivity contribution in [3.05, 3.63) is 43.8 Å². The molecular formula is C11H6ClIO2S. The second kappa shape index (κ2) is 4.73. The summed E-state index contributed by atoms with van der Waals surface area (Å²) in [5, 5.41) is 9.48. The molecule has 1 aromatic heterocycles. The van der Waals surface area contributed by atoms with Gasteiger partial charge in [0.25, 0.3) is 0 Å². The van der Waals surface area contributed by atoms with Crippen LogP contribution in [0.15, 0.2) is 30.3 Å². The van der Waals surface area contributed by atoms with E-state index in [9.17, 15) is 4.79 Å². The Balaban J connectivity index is 2.46. The molecule has 2 aromatic rings. The van der Waals surface area contributed by atoms with E-state index in [-0.39, 0.29) is 0 Å². The van der Waals surface area contributed by atoms with Gasteiger partial charge in [-0.1, -0.05) is 17.7 Å². The van der Waals surface area contributed by atoms with Crippen molar-refractivity contribution < 1.29 is 9.90 Å². The number of hydrogen-bond donors (Lipinski definition) is 1. The van der Waals surface area contributed by atoms with Crippen LogP contribution in [-0.2, 0) is 0 Å². The summed E-state index contributed by atoms with van der Waals surface area (Å²) in [6.45, 7) is 0. The van der Waals surface area contributed by atoms with Gasteiger partial charge in [0.15, 0.2) is 0 Å². The first-order valence-electron chi connectivity index (χ1n) is 4.36. The summed E-state index contributed by atoms with van der Waals surface area (Å²) in [6, 6.07) is 9.08. The highest BCUT2D eigenvalue weighted by Gasteiger charge is 2.10. The van der Waals surface area contributed by atoms with Crippen LogP contribution in [0, 0.1) is 3.57 Å². The third-order valence-corrected chi connectivity index (χ3v) is 4.10. The van der Waals surface area contributed by atoms with Crippen molar-refractivity contribution in [2.45, 2.75) is 0 Å². The monoisotopic (exact) mass is 364 g/mol. The maximum absolute atomic E-state index is 10.8. The largest absolute Gasteiger partial charge is 0.477 e. The van der Waals surface area contributed by atoms with Gasteiger partial charge in [0.2, 0.25) is 0 Å². The third-order valence-electron chi connectivity index (χ3n) is 2.01. The van der Waals surface area contributed by atoms with E-state index < -0.39 is 5.97 Å². The van der Waals surface area contributed by atoms with Gasteiger partial charge < -0.3 is 5.11 Å². The van der Waals surface area contributed by atoms with Gasteiger partial charge in [0, 0.05) is 14.0 Å². The van der Waals surface area contributed by atoms with Crippen molar-refractivity contribution in [1.82, 2.24) is 0 Å². The van der Waals surface area contributed by atoms with Crippen LogP contribution in [0.5, 0.6) is 0 Å². The lowest BCUT2D eigenvalue weighted by Crippen LogP contribution is -1.89. The van der Waals surface area contributed by atoms with Gasteiger partial charge in [-0.05, 0) is 46.9 Å². The van der Waals surface area contributed by atoms with E-state index in [1.165, 1.54) is 11.3 Å². The molecule has 82 valence electrons. The van der Waals surface area contributed by atoms with Crippen LogP contribution in [0.25, 0.3) is 10.4 Å². The number of rotatable bonds is 2. The predicted molar refractivity (Wildman–Crippen MR) is 74.4 cm³/mol. The third kappa shape index (κ3) is 2.39. The summed E-state index contributed by atoms with van der Waals surface area (Å²) in [6.07, 6.45) is 0. The number of carboxylic acid groups (broad SMARTS) is 1. The Hall–Kier alpha value is -0.590. The van der Waals surface area contributed by atoms with Crippen LogP contribution >= 0.6 is 45.5 Å². The van der Waals surface area contributed by atoms with Crippen LogP contribution in [0.1, 0.15) is 9.67 Å². The predicted octanol–water partition coefficient (Wildman–Crippen LogP) is 4.37. The molecule has 0 radical (unpaired) electrons. The molecule has 16 heavy (non-hydrogen) atoms. The number of aromatic carboxylic acids is 1. The molecule has 0 aliphatic rings. The van der Waals surface area contributed by atoms with Crippen molar-refractivity contribution in [3.8, 4) is 10.4 Å². The summed E-state index contributed by atoms with van der Waals surface area (Å²) >= 11 is 9.52. The molecule has 2 rings (SSSR count). The molecule has 0 saturated carbocycles. The average molecular weight is 365 g/mol. The van der Waals surface area contributed by atoms with Gasteiger partial charge in [0.05, 0.1) is 5.02 Å². The molecule has 0 saturated heterocycles. The molecule has 1 heterocycles. The molecule has 0 aliphatic carbocycles. The molecule has 1 aromatic carbocycles. The minimum absolute atomic E-state index is 0.324. The molecule has 2 nitrogen and oxygen atoms in total. The lowest BCUT2D eigenvalue weighted by molar-refractivity contribution is 0.0702. The minimum atomic E-state index is -0.905. The van der Waals surface area contributed by atoms with Crippen molar-refractivity contribution in [2.24, 2.45) is 0 Å². The number of halogens is 2. The number of carboxylic acids is 1. The van der Waals surface area contributed by atoms with E-state index in [0.29, 0.717) is 9.90 Å². The Labute approximate surface area is 115 Å². The second-order valence-electron chi connectivity index (χ2n) is 3.09. The molecule has 1 N–H and O–H groups in total. The number of thiophene rings is 1. The maximum Gasteiger partial charge on any atom is 0.345 e. The number of carbonyl (C=O) groups is 1. The molecule has 0 amide bonds. The summed E-state index contributed by atoms with van der Waals surface area (Å²) in [7, 11) is 0. The Morgan fingerprint density at radius 1 is 1.31 bits per heavy atom. The fourth-order valence-corrected chi connectivity index (χ4v) is 3.18. The van der Waals surface area contributed by atoms with Crippen molar-refractivity contribution in [1.29, 1.82) is 0 Å². The Bertz CT molecular complexity index is 551. The molecule has 0 aliphatic heterocycles. The lowest BCUT2D eigenvalue weighted by atomic mass is 10.2.